The molecular weight excluding hydrogens is 368 g/mol. The van der Waals surface area contributed by atoms with Crippen molar-refractivity contribution in [2.45, 2.75) is 46.3 Å². The number of nitrogens with zero attached hydrogens (tertiary/aromatic N) is 2. The molecule has 0 spiro atoms. The lowest BCUT2D eigenvalue weighted by Crippen LogP contribution is -2.47. The van der Waals surface area contributed by atoms with Gasteiger partial charge in [0.1, 0.15) is 5.60 Å². The lowest BCUT2D eigenvalue weighted by atomic mass is 10.2. The summed E-state index contributed by atoms with van der Waals surface area (Å²) in [6.07, 6.45) is -0.561. The average Bonchev–Trinajstić information content (AvgIpc) is 3.04. The molecule has 148 valence electrons. The summed E-state index contributed by atoms with van der Waals surface area (Å²) in [5.74, 6) is 3.37. The summed E-state index contributed by atoms with van der Waals surface area (Å²) in [7, 11) is 0. The smallest absolute Gasteiger partial charge is 0.411 e. The van der Waals surface area contributed by atoms with E-state index in [0.29, 0.717) is 0 Å². The molecule has 0 radical (unpaired) electrons. The van der Waals surface area contributed by atoms with E-state index >= 15 is 0 Å². The summed E-state index contributed by atoms with van der Waals surface area (Å²) in [6.45, 7) is 9.01. The number of hydrogen-bond acceptors (Lipinski definition) is 5. The van der Waals surface area contributed by atoms with Crippen LogP contribution in [0.1, 0.15) is 39.5 Å². The molecule has 1 rings (SSSR count). The van der Waals surface area contributed by atoms with E-state index in [0.717, 1.165) is 4.88 Å². The lowest BCUT2D eigenvalue weighted by Gasteiger charge is -2.30. The number of carboxylic acid groups (broad SMARTS) is 1. The van der Waals surface area contributed by atoms with Crippen molar-refractivity contribution in [3.63, 3.8) is 0 Å². The Kier molecular flexibility index (Phi) is 8.32. The lowest BCUT2D eigenvalue weighted by molar-refractivity contribution is -0.157. The highest BCUT2D eigenvalue weighted by Gasteiger charge is 2.26. The second-order valence-electron chi connectivity index (χ2n) is 7.08. The van der Waals surface area contributed by atoms with Crippen molar-refractivity contribution in [1.29, 1.82) is 0 Å². The molecule has 0 aliphatic carbocycles. The number of aliphatic carboxylic acids is 1. The Bertz CT molecular complexity index is 711. The first-order valence-corrected chi connectivity index (χ1v) is 9.43. The molecule has 0 atom stereocenters. The summed E-state index contributed by atoms with van der Waals surface area (Å²) in [4.78, 5) is 38.7. The zero-order valence-corrected chi connectivity index (χ0v) is 17.1. The first-order chi connectivity index (χ1) is 12.5. The van der Waals surface area contributed by atoms with Gasteiger partial charge in [0.05, 0.1) is 11.4 Å². The molecule has 0 saturated carbocycles. The highest BCUT2D eigenvalue weighted by atomic mass is 32.1. The number of rotatable bonds is 5. The summed E-state index contributed by atoms with van der Waals surface area (Å²) < 4.78 is 5.39. The standard InChI is InChI=1S/C19H26N2O5S/c1-14(2)21(16(22)17(23)24)12-11-20(18(25)26-19(3,4)5)10-6-8-15-9-7-13-27-15/h7,9,13-14H,10-12H2,1-5H3,(H,23,24). The van der Waals surface area contributed by atoms with Gasteiger partial charge >= 0.3 is 18.0 Å². The van der Waals surface area contributed by atoms with Crippen LogP contribution >= 0.6 is 11.3 Å². The minimum Gasteiger partial charge on any atom is -0.474 e. The Morgan fingerprint density at radius 3 is 2.41 bits per heavy atom. The molecule has 1 N–H and O–H groups in total. The van der Waals surface area contributed by atoms with Crippen LogP contribution in [0.5, 0.6) is 0 Å². The van der Waals surface area contributed by atoms with Gasteiger partial charge in [0.2, 0.25) is 0 Å². The Morgan fingerprint density at radius 2 is 1.93 bits per heavy atom. The SMILES string of the molecule is CC(C)N(CCN(CC#Cc1cccs1)C(=O)OC(C)(C)C)C(=O)C(=O)O. The Morgan fingerprint density at radius 1 is 1.26 bits per heavy atom. The fourth-order valence-corrected chi connectivity index (χ4v) is 2.67. The zero-order chi connectivity index (χ0) is 20.6. The molecular formula is C19H26N2O5S. The number of carbonyl (C=O) groups excluding carboxylic acids is 2. The van der Waals surface area contributed by atoms with E-state index in [9.17, 15) is 14.4 Å². The fraction of sp³-hybridized carbons (Fsp3) is 0.526. The molecule has 0 fully saturated rings. The van der Waals surface area contributed by atoms with Crippen LogP contribution < -0.4 is 0 Å². The van der Waals surface area contributed by atoms with Gasteiger partial charge in [-0.25, -0.2) is 9.59 Å². The van der Waals surface area contributed by atoms with Crippen LogP contribution in [0.25, 0.3) is 0 Å². The monoisotopic (exact) mass is 394 g/mol. The molecule has 1 aromatic heterocycles. The normalized spacial score (nSPS) is 10.7. The van der Waals surface area contributed by atoms with E-state index in [1.807, 2.05) is 17.5 Å². The van der Waals surface area contributed by atoms with Gasteiger partial charge in [-0.05, 0) is 46.1 Å². The molecule has 7 nitrogen and oxygen atoms in total. The summed E-state index contributed by atoms with van der Waals surface area (Å²) in [5.41, 5.74) is -0.675. The van der Waals surface area contributed by atoms with Gasteiger partial charge in [0, 0.05) is 19.1 Å². The molecule has 27 heavy (non-hydrogen) atoms. The van der Waals surface area contributed by atoms with Crippen LogP contribution in [0.4, 0.5) is 4.79 Å². The molecule has 1 heterocycles. The predicted octanol–water partition coefficient (Wildman–Crippen LogP) is 2.66. The van der Waals surface area contributed by atoms with Crippen LogP contribution in [0.2, 0.25) is 0 Å². The maximum atomic E-state index is 12.5. The van der Waals surface area contributed by atoms with Crippen LogP contribution in [-0.2, 0) is 14.3 Å². The quantitative estimate of drug-likeness (QED) is 0.613. The van der Waals surface area contributed by atoms with Gasteiger partial charge in [0.15, 0.2) is 0 Å². The highest BCUT2D eigenvalue weighted by Crippen LogP contribution is 2.11. The number of amides is 2. The minimum atomic E-state index is -1.52. The highest BCUT2D eigenvalue weighted by molar-refractivity contribution is 7.10. The van der Waals surface area contributed by atoms with Crippen molar-refractivity contribution in [2.75, 3.05) is 19.6 Å². The number of carboxylic acids is 1. The maximum Gasteiger partial charge on any atom is 0.411 e. The Labute approximate surface area is 163 Å². The van der Waals surface area contributed by atoms with Gasteiger partial charge in [-0.1, -0.05) is 17.9 Å². The van der Waals surface area contributed by atoms with Crippen LogP contribution in [0, 0.1) is 11.8 Å². The Hall–Kier alpha value is -2.53. The van der Waals surface area contributed by atoms with Gasteiger partial charge in [-0.2, -0.15) is 0 Å². The molecule has 0 aromatic carbocycles. The number of thiophene rings is 1. The summed E-state index contributed by atoms with van der Waals surface area (Å²) in [6, 6.07) is 3.45. The van der Waals surface area contributed by atoms with Crippen LogP contribution in [0.3, 0.4) is 0 Å². The number of carbonyl (C=O) groups is 3. The first kappa shape index (κ1) is 22.5. The van der Waals surface area contributed by atoms with Crippen molar-refractivity contribution in [3.05, 3.63) is 22.4 Å². The predicted molar refractivity (Wildman–Crippen MR) is 103 cm³/mol. The average molecular weight is 394 g/mol. The first-order valence-electron chi connectivity index (χ1n) is 8.55. The third-order valence-corrected chi connectivity index (χ3v) is 4.12. The van der Waals surface area contributed by atoms with Crippen LogP contribution in [0.15, 0.2) is 17.5 Å². The third-order valence-electron chi connectivity index (χ3n) is 3.33. The third kappa shape index (κ3) is 8.13. The van der Waals surface area contributed by atoms with Gasteiger partial charge in [0.25, 0.3) is 0 Å². The second-order valence-corrected chi connectivity index (χ2v) is 8.03. The second kappa shape index (κ2) is 9.97. The maximum absolute atomic E-state index is 12.5. The molecule has 0 unspecified atom stereocenters. The molecule has 1 aromatic rings. The van der Waals surface area contributed by atoms with Crippen molar-refractivity contribution >= 4 is 29.3 Å². The van der Waals surface area contributed by atoms with E-state index in [1.165, 1.54) is 21.1 Å². The molecule has 0 aliphatic heterocycles. The Balaban J connectivity index is 2.87. The van der Waals surface area contributed by atoms with Gasteiger partial charge in [-0.3, -0.25) is 9.69 Å². The molecule has 0 bridgehead atoms. The van der Waals surface area contributed by atoms with E-state index in [4.69, 9.17) is 9.84 Å². The van der Waals surface area contributed by atoms with E-state index in [-0.39, 0.29) is 25.7 Å². The largest absolute Gasteiger partial charge is 0.474 e. The van der Waals surface area contributed by atoms with Gasteiger partial charge < -0.3 is 14.7 Å². The number of hydrogen-bond donors (Lipinski definition) is 1. The minimum absolute atomic E-state index is 0.0721. The van der Waals surface area contributed by atoms with Crippen molar-refractivity contribution in [1.82, 2.24) is 9.80 Å². The molecule has 0 saturated heterocycles. The molecule has 0 aliphatic rings. The number of ether oxygens (including phenoxy) is 1. The van der Waals surface area contributed by atoms with E-state index in [1.54, 1.807) is 34.6 Å². The summed E-state index contributed by atoms with van der Waals surface area (Å²) in [5, 5.41) is 10.9. The fourth-order valence-electron chi connectivity index (χ4n) is 2.08. The topological polar surface area (TPSA) is 87.2 Å². The zero-order valence-electron chi connectivity index (χ0n) is 16.3. The molecule has 8 heteroatoms. The van der Waals surface area contributed by atoms with Crippen molar-refractivity contribution in [2.24, 2.45) is 0 Å². The van der Waals surface area contributed by atoms with Gasteiger partial charge in [-0.15, -0.1) is 11.3 Å². The van der Waals surface area contributed by atoms with Crippen molar-refractivity contribution in [3.8, 4) is 11.8 Å². The van der Waals surface area contributed by atoms with E-state index in [2.05, 4.69) is 11.8 Å². The van der Waals surface area contributed by atoms with E-state index < -0.39 is 23.6 Å². The van der Waals surface area contributed by atoms with Crippen molar-refractivity contribution < 1.29 is 24.2 Å². The summed E-state index contributed by atoms with van der Waals surface area (Å²) >= 11 is 1.50. The van der Waals surface area contributed by atoms with Crippen LogP contribution in [-0.4, -0.2) is 64.2 Å². The molecule has 2 amide bonds.